The molecule has 0 aliphatic rings. The molecule has 9 nitrogen and oxygen atoms in total. The summed E-state index contributed by atoms with van der Waals surface area (Å²) < 4.78 is 58.8. The summed E-state index contributed by atoms with van der Waals surface area (Å²) in [5.74, 6) is 4.77. The summed E-state index contributed by atoms with van der Waals surface area (Å²) in [5.41, 5.74) is 0. The summed E-state index contributed by atoms with van der Waals surface area (Å²) in [6, 6.07) is 79.6. The fraction of sp³-hybridized carbons (Fsp3) is 0.0526. The van der Waals surface area contributed by atoms with Crippen LogP contribution in [0.1, 0.15) is 0 Å². The van der Waals surface area contributed by atoms with Crippen molar-refractivity contribution in [1.82, 2.24) is 0 Å². The lowest BCUT2D eigenvalue weighted by atomic mass is 10.3. The second-order valence-corrected chi connectivity index (χ2v) is 16.4. The third-order valence-electron chi connectivity index (χ3n) is 9.73. The lowest BCUT2D eigenvalue weighted by Gasteiger charge is -2.24. The fourth-order valence-electron chi connectivity index (χ4n) is 6.69. The number of rotatable bonds is 21. The molecule has 9 aromatic carbocycles. The molecule has 67 heavy (non-hydrogen) atoms. The third kappa shape index (κ3) is 12.2. The Balaban J connectivity index is 1.15. The Kier molecular flexibility index (Phi) is 14.7. The van der Waals surface area contributed by atoms with Crippen molar-refractivity contribution in [3.05, 3.63) is 255 Å². The third-order valence-corrected chi connectivity index (χ3v) is 12.1. The van der Waals surface area contributed by atoms with Gasteiger partial charge in [0.1, 0.15) is 45.4 Å². The summed E-state index contributed by atoms with van der Waals surface area (Å²) in [7, 11) is -1.09. The van der Waals surface area contributed by atoms with E-state index in [-0.39, 0.29) is 0 Å². The summed E-state index contributed by atoms with van der Waals surface area (Å²) in [5, 5.41) is 0. The monoisotopic (exact) mass is 905 g/mol. The minimum absolute atomic E-state index is 0.475. The Morgan fingerprint density at radius 3 is 0.582 bits per heavy atom. The zero-order valence-corrected chi connectivity index (χ0v) is 36.9. The van der Waals surface area contributed by atoms with E-state index < -0.39 is 30.3 Å². The van der Waals surface area contributed by atoms with Crippen molar-refractivity contribution in [3.8, 4) is 51.7 Å². The number of hydrogen-bond donors (Lipinski definition) is 0. The molecule has 0 aliphatic heterocycles. The SMILES string of the molecule is c1ccc(OC(Oc2ccccc2)Oc2ccccc2[S+](c2ccccc2OC(Oc2ccccc2)Oc2ccccc2)c2ccccc2OC(Oc2ccccc2)Oc2ccccc2)cc1. The minimum Gasteiger partial charge on any atom is -0.423 e. The molecule has 0 saturated carbocycles. The molecule has 9 rings (SSSR count). The first-order valence-corrected chi connectivity index (χ1v) is 22.7. The molecule has 9 aromatic rings. The van der Waals surface area contributed by atoms with E-state index in [0.29, 0.717) is 51.7 Å². The Labute approximate surface area is 392 Å². The van der Waals surface area contributed by atoms with Gasteiger partial charge in [0.25, 0.3) is 0 Å². The highest BCUT2D eigenvalue weighted by Crippen LogP contribution is 2.45. The van der Waals surface area contributed by atoms with E-state index in [0.717, 1.165) is 14.7 Å². The predicted molar refractivity (Wildman–Crippen MR) is 257 cm³/mol. The minimum atomic E-state index is -1.21. The number of para-hydroxylation sites is 9. The summed E-state index contributed by atoms with van der Waals surface area (Å²) in [4.78, 5) is 2.26. The van der Waals surface area contributed by atoms with Gasteiger partial charge in [-0.2, -0.15) is 0 Å². The smallest absolute Gasteiger partial charge is 0.406 e. The zero-order chi connectivity index (χ0) is 45.3. The zero-order valence-electron chi connectivity index (χ0n) is 36.1. The maximum atomic E-state index is 6.82. The van der Waals surface area contributed by atoms with Crippen molar-refractivity contribution in [2.75, 3.05) is 0 Å². The van der Waals surface area contributed by atoms with E-state index in [4.69, 9.17) is 42.6 Å². The molecule has 0 aliphatic carbocycles. The topological polar surface area (TPSA) is 83.1 Å². The van der Waals surface area contributed by atoms with E-state index >= 15 is 0 Å². The second kappa shape index (κ2) is 22.4. The van der Waals surface area contributed by atoms with Crippen LogP contribution in [0.25, 0.3) is 0 Å². The van der Waals surface area contributed by atoms with Gasteiger partial charge in [-0.15, -0.1) is 0 Å². The average Bonchev–Trinajstić information content (AvgIpc) is 3.37. The van der Waals surface area contributed by atoms with Gasteiger partial charge in [-0.05, 0) is 109 Å². The van der Waals surface area contributed by atoms with Crippen LogP contribution in [0.5, 0.6) is 51.7 Å². The molecule has 0 radical (unpaired) electrons. The lowest BCUT2D eigenvalue weighted by Crippen LogP contribution is -2.32. The van der Waals surface area contributed by atoms with Gasteiger partial charge in [0.2, 0.25) is 14.7 Å². The van der Waals surface area contributed by atoms with Crippen LogP contribution < -0.4 is 42.6 Å². The van der Waals surface area contributed by atoms with Gasteiger partial charge in [-0.1, -0.05) is 146 Å². The highest BCUT2D eigenvalue weighted by molar-refractivity contribution is 7.97. The normalized spacial score (nSPS) is 10.9. The quantitative estimate of drug-likeness (QED) is 0.0517. The molecular weight excluding hydrogens is 861 g/mol. The molecular formula is C57H45O9S+. The summed E-state index contributed by atoms with van der Waals surface area (Å²) in [6.45, 7) is -3.62. The van der Waals surface area contributed by atoms with Gasteiger partial charge in [0, 0.05) is 0 Å². The lowest BCUT2D eigenvalue weighted by molar-refractivity contribution is -0.141. The second-order valence-electron chi connectivity index (χ2n) is 14.5. The van der Waals surface area contributed by atoms with Crippen LogP contribution in [0.3, 0.4) is 0 Å². The van der Waals surface area contributed by atoms with Crippen LogP contribution in [-0.4, -0.2) is 19.4 Å². The maximum absolute atomic E-state index is 6.82. The van der Waals surface area contributed by atoms with Gasteiger partial charge in [0.05, 0.1) is 0 Å². The van der Waals surface area contributed by atoms with E-state index in [2.05, 4.69) is 0 Å². The van der Waals surface area contributed by atoms with Crippen LogP contribution >= 0.6 is 0 Å². The van der Waals surface area contributed by atoms with Crippen LogP contribution in [0.15, 0.2) is 269 Å². The van der Waals surface area contributed by atoms with Gasteiger partial charge in [-0.25, -0.2) is 0 Å². The predicted octanol–water partition coefficient (Wildman–Crippen LogP) is 13.2. The molecule has 10 heteroatoms. The molecule has 0 fully saturated rings. The van der Waals surface area contributed by atoms with E-state index in [1.54, 1.807) is 0 Å². The molecule has 0 bridgehead atoms. The summed E-state index contributed by atoms with van der Waals surface area (Å²) >= 11 is 0. The molecule has 0 amide bonds. The number of hydrogen-bond acceptors (Lipinski definition) is 9. The maximum Gasteiger partial charge on any atom is 0.406 e. The first-order chi connectivity index (χ1) is 33.2. The van der Waals surface area contributed by atoms with Gasteiger partial charge >= 0.3 is 19.4 Å². The average molecular weight is 906 g/mol. The molecule has 0 spiro atoms. The Bertz CT molecular complexity index is 2420. The van der Waals surface area contributed by atoms with Crippen molar-refractivity contribution in [1.29, 1.82) is 0 Å². The summed E-state index contributed by atoms with van der Waals surface area (Å²) in [6.07, 6.45) is 0. The van der Waals surface area contributed by atoms with Crippen LogP contribution in [-0.2, 0) is 10.9 Å². The molecule has 332 valence electrons. The Morgan fingerprint density at radius 1 is 0.194 bits per heavy atom. The molecule has 0 saturated heterocycles. The van der Waals surface area contributed by atoms with Crippen LogP contribution in [0.4, 0.5) is 0 Å². The van der Waals surface area contributed by atoms with Crippen molar-refractivity contribution in [2.24, 2.45) is 0 Å². The van der Waals surface area contributed by atoms with Crippen molar-refractivity contribution in [3.63, 3.8) is 0 Å². The van der Waals surface area contributed by atoms with Gasteiger partial charge in [0.15, 0.2) is 17.2 Å². The molecule has 0 heterocycles. The highest BCUT2D eigenvalue weighted by atomic mass is 32.2. The van der Waals surface area contributed by atoms with Gasteiger partial charge < -0.3 is 42.6 Å². The fourth-order valence-corrected chi connectivity index (χ4v) is 9.00. The van der Waals surface area contributed by atoms with Crippen LogP contribution in [0.2, 0.25) is 0 Å². The molecule has 0 N–H and O–H groups in total. The largest absolute Gasteiger partial charge is 0.423 e. The molecule has 0 aromatic heterocycles. The van der Waals surface area contributed by atoms with E-state index in [1.165, 1.54) is 0 Å². The van der Waals surface area contributed by atoms with Crippen molar-refractivity contribution in [2.45, 2.75) is 34.1 Å². The first kappa shape index (κ1) is 43.8. The van der Waals surface area contributed by atoms with E-state index in [9.17, 15) is 0 Å². The number of ether oxygens (including phenoxy) is 9. The standard InChI is InChI=1S/C57H45O9S/c1-7-25-43(26-8-1)58-55(59-44-27-9-2-10-28-44)64-49-37-19-22-40-52(49)67(53-41-23-20-38-50(53)65-56(60-45-29-11-3-12-30-45)61-46-31-13-4-14-32-46)54-42-24-21-39-51(54)66-57(62-47-33-15-5-16-34-47)63-48-35-17-6-18-36-48/h1-42,55-57H/q+1. The van der Waals surface area contributed by atoms with Crippen molar-refractivity contribution >= 4 is 10.9 Å². The van der Waals surface area contributed by atoms with Gasteiger partial charge in [-0.3, -0.25) is 0 Å². The van der Waals surface area contributed by atoms with Crippen molar-refractivity contribution < 1.29 is 42.6 Å². The highest BCUT2D eigenvalue weighted by Gasteiger charge is 2.40. The molecule has 0 unspecified atom stereocenters. The molecule has 0 atom stereocenters. The Morgan fingerprint density at radius 2 is 0.373 bits per heavy atom. The van der Waals surface area contributed by atoms with Crippen LogP contribution in [0, 0.1) is 0 Å². The Hall–Kier alpha value is -8.47. The number of benzene rings is 9. The van der Waals surface area contributed by atoms with E-state index in [1.807, 2.05) is 255 Å². The first-order valence-electron chi connectivity index (χ1n) is 21.5.